The number of benzene rings is 2. The van der Waals surface area contributed by atoms with E-state index in [4.69, 9.17) is 5.73 Å². The van der Waals surface area contributed by atoms with Gasteiger partial charge in [-0.2, -0.15) is 0 Å². The second-order valence-corrected chi connectivity index (χ2v) is 6.73. The monoisotopic (exact) mass is 275 g/mol. The Morgan fingerprint density at radius 1 is 1.05 bits per heavy atom. The molecule has 0 saturated carbocycles. The number of rotatable bonds is 3. The lowest BCUT2D eigenvalue weighted by molar-refractivity contribution is 0.594. The van der Waals surface area contributed by atoms with Crippen LogP contribution in [-0.4, -0.2) is 8.42 Å². The molecule has 0 aliphatic rings. The van der Waals surface area contributed by atoms with Gasteiger partial charge in [0, 0.05) is 5.69 Å². The first kappa shape index (κ1) is 13.6. The molecule has 19 heavy (non-hydrogen) atoms. The first-order valence-corrected chi connectivity index (χ1v) is 7.68. The van der Waals surface area contributed by atoms with Crippen LogP contribution in [0.4, 0.5) is 5.69 Å². The van der Waals surface area contributed by atoms with Gasteiger partial charge in [-0.25, -0.2) is 8.42 Å². The molecular formula is C15H17NO2S. The van der Waals surface area contributed by atoms with Crippen molar-refractivity contribution < 1.29 is 8.42 Å². The Morgan fingerprint density at radius 3 is 2.42 bits per heavy atom. The molecule has 0 aromatic heterocycles. The molecular weight excluding hydrogens is 258 g/mol. The fourth-order valence-corrected chi connectivity index (χ4v) is 3.72. The summed E-state index contributed by atoms with van der Waals surface area (Å²) in [4.78, 5) is 0.350. The summed E-state index contributed by atoms with van der Waals surface area (Å²) < 4.78 is 24.8. The number of nitrogens with two attached hydrogens (primary N) is 1. The zero-order chi connectivity index (χ0) is 14.0. The van der Waals surface area contributed by atoms with Gasteiger partial charge < -0.3 is 5.73 Å². The molecule has 0 fully saturated rings. The highest BCUT2D eigenvalue weighted by Crippen LogP contribution is 2.22. The highest BCUT2D eigenvalue weighted by Gasteiger charge is 2.17. The Morgan fingerprint density at radius 2 is 1.79 bits per heavy atom. The number of aryl methyl sites for hydroxylation is 2. The number of sulfone groups is 1. The molecule has 0 aliphatic heterocycles. The number of hydrogen-bond donors (Lipinski definition) is 1. The predicted octanol–water partition coefficient (Wildman–Crippen LogP) is 2.86. The van der Waals surface area contributed by atoms with Crippen LogP contribution in [0.25, 0.3) is 0 Å². The van der Waals surface area contributed by atoms with Crippen molar-refractivity contribution in [2.24, 2.45) is 0 Å². The molecule has 0 atom stereocenters. The van der Waals surface area contributed by atoms with Crippen LogP contribution in [-0.2, 0) is 15.6 Å². The quantitative estimate of drug-likeness (QED) is 0.876. The minimum absolute atomic E-state index is 0.0133. The van der Waals surface area contributed by atoms with Crippen LogP contribution < -0.4 is 5.73 Å². The zero-order valence-electron chi connectivity index (χ0n) is 11.1. The minimum Gasteiger partial charge on any atom is -0.399 e. The standard InChI is InChI=1S/C15H17NO2S/c1-11-4-3-5-13(8-11)10-19(17,18)15-7-6-14(16)9-12(15)2/h3-9H,10,16H2,1-2H3. The molecule has 0 radical (unpaired) electrons. The van der Waals surface area contributed by atoms with Crippen molar-refractivity contribution in [3.8, 4) is 0 Å². The summed E-state index contributed by atoms with van der Waals surface area (Å²) in [5, 5.41) is 0. The van der Waals surface area contributed by atoms with Gasteiger partial charge in [0.25, 0.3) is 0 Å². The summed E-state index contributed by atoms with van der Waals surface area (Å²) >= 11 is 0. The Hall–Kier alpha value is -1.81. The maximum absolute atomic E-state index is 12.4. The Bertz CT molecular complexity index is 706. The highest BCUT2D eigenvalue weighted by molar-refractivity contribution is 7.90. The zero-order valence-corrected chi connectivity index (χ0v) is 11.9. The fourth-order valence-electron chi connectivity index (χ4n) is 2.12. The normalized spacial score (nSPS) is 11.5. The molecule has 2 aromatic carbocycles. The van der Waals surface area contributed by atoms with E-state index in [1.165, 1.54) is 0 Å². The number of nitrogen functional groups attached to an aromatic ring is 1. The van der Waals surface area contributed by atoms with Crippen LogP contribution in [0.15, 0.2) is 47.4 Å². The smallest absolute Gasteiger partial charge is 0.182 e. The van der Waals surface area contributed by atoms with Crippen LogP contribution in [0.1, 0.15) is 16.7 Å². The van der Waals surface area contributed by atoms with E-state index in [1.807, 2.05) is 31.2 Å². The Kier molecular flexibility index (Phi) is 3.62. The van der Waals surface area contributed by atoms with Gasteiger partial charge in [-0.1, -0.05) is 29.8 Å². The average Bonchev–Trinajstić information content (AvgIpc) is 2.27. The largest absolute Gasteiger partial charge is 0.399 e. The second kappa shape index (κ2) is 5.05. The van der Waals surface area contributed by atoms with Crippen molar-refractivity contribution in [3.63, 3.8) is 0 Å². The van der Waals surface area contributed by atoms with Gasteiger partial charge >= 0.3 is 0 Å². The van der Waals surface area contributed by atoms with Gasteiger partial charge in [-0.05, 0) is 43.2 Å². The summed E-state index contributed by atoms with van der Waals surface area (Å²) in [6.07, 6.45) is 0. The molecule has 0 amide bonds. The van der Waals surface area contributed by atoms with Crippen molar-refractivity contribution in [1.29, 1.82) is 0 Å². The van der Waals surface area contributed by atoms with Crippen molar-refractivity contribution in [3.05, 3.63) is 59.2 Å². The van der Waals surface area contributed by atoms with Gasteiger partial charge in [0.1, 0.15) is 0 Å². The topological polar surface area (TPSA) is 60.2 Å². The molecule has 0 bridgehead atoms. The number of anilines is 1. The van der Waals surface area contributed by atoms with Gasteiger partial charge in [0.05, 0.1) is 10.6 Å². The summed E-state index contributed by atoms with van der Waals surface area (Å²) in [6, 6.07) is 12.4. The van der Waals surface area contributed by atoms with E-state index < -0.39 is 9.84 Å². The lowest BCUT2D eigenvalue weighted by Crippen LogP contribution is -2.07. The molecule has 0 unspecified atom stereocenters. The predicted molar refractivity (Wildman–Crippen MR) is 77.7 cm³/mol. The maximum atomic E-state index is 12.4. The molecule has 0 heterocycles. The van der Waals surface area contributed by atoms with E-state index in [0.717, 1.165) is 11.1 Å². The van der Waals surface area contributed by atoms with Crippen LogP contribution in [0, 0.1) is 13.8 Å². The van der Waals surface area contributed by atoms with Crippen molar-refractivity contribution >= 4 is 15.5 Å². The molecule has 0 saturated heterocycles. The maximum Gasteiger partial charge on any atom is 0.182 e. The van der Waals surface area contributed by atoms with Gasteiger partial charge in [0.2, 0.25) is 0 Å². The Labute approximate surface area is 114 Å². The second-order valence-electron chi connectivity index (χ2n) is 4.77. The highest BCUT2D eigenvalue weighted by atomic mass is 32.2. The first-order valence-electron chi connectivity index (χ1n) is 6.03. The van der Waals surface area contributed by atoms with E-state index in [1.54, 1.807) is 25.1 Å². The molecule has 4 heteroatoms. The van der Waals surface area contributed by atoms with Gasteiger partial charge in [-0.15, -0.1) is 0 Å². The molecule has 0 aliphatic carbocycles. The number of hydrogen-bond acceptors (Lipinski definition) is 3. The summed E-state index contributed by atoms with van der Waals surface area (Å²) in [5.74, 6) is 0.0133. The van der Waals surface area contributed by atoms with Gasteiger partial charge in [-0.3, -0.25) is 0 Å². The van der Waals surface area contributed by atoms with Crippen LogP contribution in [0.2, 0.25) is 0 Å². The third-order valence-electron chi connectivity index (χ3n) is 2.97. The van der Waals surface area contributed by atoms with Gasteiger partial charge in [0.15, 0.2) is 9.84 Å². The third kappa shape index (κ3) is 3.15. The lowest BCUT2D eigenvalue weighted by Gasteiger charge is -2.09. The molecule has 3 nitrogen and oxygen atoms in total. The van der Waals surface area contributed by atoms with Crippen LogP contribution >= 0.6 is 0 Å². The van der Waals surface area contributed by atoms with E-state index in [-0.39, 0.29) is 5.75 Å². The fraction of sp³-hybridized carbons (Fsp3) is 0.200. The summed E-state index contributed by atoms with van der Waals surface area (Å²) in [6.45, 7) is 3.71. The van der Waals surface area contributed by atoms with E-state index in [0.29, 0.717) is 16.1 Å². The summed E-state index contributed by atoms with van der Waals surface area (Å²) in [5.41, 5.74) is 8.77. The van der Waals surface area contributed by atoms with Crippen molar-refractivity contribution in [2.75, 3.05) is 5.73 Å². The van der Waals surface area contributed by atoms with Crippen LogP contribution in [0.5, 0.6) is 0 Å². The van der Waals surface area contributed by atoms with Crippen molar-refractivity contribution in [2.45, 2.75) is 24.5 Å². The minimum atomic E-state index is -3.33. The molecule has 2 N–H and O–H groups in total. The molecule has 2 rings (SSSR count). The molecule has 0 spiro atoms. The summed E-state index contributed by atoms with van der Waals surface area (Å²) in [7, 11) is -3.33. The van der Waals surface area contributed by atoms with E-state index >= 15 is 0 Å². The van der Waals surface area contributed by atoms with Crippen molar-refractivity contribution in [1.82, 2.24) is 0 Å². The van der Waals surface area contributed by atoms with E-state index in [2.05, 4.69) is 0 Å². The Balaban J connectivity index is 2.38. The average molecular weight is 275 g/mol. The molecule has 100 valence electrons. The van der Waals surface area contributed by atoms with E-state index in [9.17, 15) is 8.42 Å². The lowest BCUT2D eigenvalue weighted by atomic mass is 10.2. The SMILES string of the molecule is Cc1cccc(CS(=O)(=O)c2ccc(N)cc2C)c1. The molecule has 2 aromatic rings. The third-order valence-corrected chi connectivity index (χ3v) is 4.81. The van der Waals surface area contributed by atoms with Crippen LogP contribution in [0.3, 0.4) is 0 Å². The first-order chi connectivity index (χ1) is 8.88.